The second kappa shape index (κ2) is 9.71. The minimum atomic E-state index is -0.198. The van der Waals surface area contributed by atoms with E-state index in [0.717, 1.165) is 40.4 Å². The van der Waals surface area contributed by atoms with Crippen LogP contribution in [0.2, 0.25) is 0 Å². The first-order valence-electron chi connectivity index (χ1n) is 10.7. The van der Waals surface area contributed by atoms with Gasteiger partial charge in [-0.05, 0) is 43.7 Å². The van der Waals surface area contributed by atoms with Crippen LogP contribution < -0.4 is 20.1 Å². The maximum Gasteiger partial charge on any atom is 0.234 e. The number of ether oxygens (including phenoxy) is 2. The molecule has 2 heterocycles. The molecule has 0 fully saturated rings. The van der Waals surface area contributed by atoms with E-state index in [1.54, 1.807) is 6.26 Å². The molecule has 0 radical (unpaired) electrons. The molecule has 1 amide bonds. The Labute approximate surface area is 182 Å². The Morgan fingerprint density at radius 3 is 2.77 bits per heavy atom. The Morgan fingerprint density at radius 2 is 2.03 bits per heavy atom. The highest BCUT2D eigenvalue weighted by Crippen LogP contribution is 2.35. The van der Waals surface area contributed by atoms with Crippen LogP contribution in [0.3, 0.4) is 0 Å². The molecule has 0 saturated carbocycles. The van der Waals surface area contributed by atoms with Crippen LogP contribution in [0.25, 0.3) is 0 Å². The zero-order chi connectivity index (χ0) is 21.6. The maximum atomic E-state index is 12.6. The molecule has 0 aliphatic carbocycles. The van der Waals surface area contributed by atoms with E-state index in [2.05, 4.69) is 17.6 Å². The summed E-state index contributed by atoms with van der Waals surface area (Å²) in [5.41, 5.74) is 3.10. The number of furan rings is 1. The number of benzene rings is 2. The molecule has 1 aromatic heterocycles. The molecular weight excluding hydrogens is 392 g/mol. The molecule has 0 spiro atoms. The van der Waals surface area contributed by atoms with Crippen molar-refractivity contribution in [1.29, 1.82) is 0 Å². The van der Waals surface area contributed by atoms with Crippen molar-refractivity contribution in [1.82, 2.24) is 10.6 Å². The standard InChI is InChI=1S/C25H28N2O4/c1-3-29-22-13-19-12-17(2)31-23(19)14-20(22)15-26-24(28)16-27-25(21-10-7-11-30-21)18-8-5-4-6-9-18/h4-11,13-14,17,25,27H,3,12,15-16H2,1-2H3,(H,26,28)/t17-,25+/m1/s1. The van der Waals surface area contributed by atoms with Crippen molar-refractivity contribution in [3.63, 3.8) is 0 Å². The lowest BCUT2D eigenvalue weighted by Crippen LogP contribution is -2.35. The normalized spacial score (nSPS) is 15.7. The van der Waals surface area contributed by atoms with Gasteiger partial charge in [-0.25, -0.2) is 0 Å². The van der Waals surface area contributed by atoms with Gasteiger partial charge in [-0.1, -0.05) is 30.3 Å². The number of carbonyl (C=O) groups excluding carboxylic acids is 1. The number of carbonyl (C=O) groups is 1. The molecule has 1 aliphatic heterocycles. The minimum absolute atomic E-state index is 0.107. The predicted octanol–water partition coefficient (Wildman–Crippen LogP) is 4.00. The fourth-order valence-corrected chi connectivity index (χ4v) is 3.84. The van der Waals surface area contributed by atoms with Gasteiger partial charge in [0.15, 0.2) is 0 Å². The van der Waals surface area contributed by atoms with Gasteiger partial charge < -0.3 is 19.2 Å². The van der Waals surface area contributed by atoms with Crippen LogP contribution in [0.4, 0.5) is 0 Å². The van der Waals surface area contributed by atoms with E-state index < -0.39 is 0 Å². The summed E-state index contributed by atoms with van der Waals surface area (Å²) in [5, 5.41) is 6.28. The predicted molar refractivity (Wildman–Crippen MR) is 118 cm³/mol. The van der Waals surface area contributed by atoms with Gasteiger partial charge in [0, 0.05) is 24.1 Å². The van der Waals surface area contributed by atoms with Crippen molar-refractivity contribution in [3.8, 4) is 11.5 Å². The van der Waals surface area contributed by atoms with E-state index >= 15 is 0 Å². The first kappa shape index (κ1) is 21.0. The van der Waals surface area contributed by atoms with Gasteiger partial charge in [0.25, 0.3) is 0 Å². The average molecular weight is 421 g/mol. The van der Waals surface area contributed by atoms with Crippen LogP contribution >= 0.6 is 0 Å². The van der Waals surface area contributed by atoms with Crippen molar-refractivity contribution in [3.05, 3.63) is 83.3 Å². The van der Waals surface area contributed by atoms with Crippen LogP contribution in [0, 0.1) is 0 Å². The third kappa shape index (κ3) is 5.09. The lowest BCUT2D eigenvalue weighted by Gasteiger charge is -2.17. The molecule has 0 bridgehead atoms. The first-order chi connectivity index (χ1) is 15.1. The fraction of sp³-hybridized carbons (Fsp3) is 0.320. The molecule has 3 aromatic rings. The summed E-state index contributed by atoms with van der Waals surface area (Å²) in [4.78, 5) is 12.6. The molecule has 31 heavy (non-hydrogen) atoms. The highest BCUT2D eigenvalue weighted by atomic mass is 16.5. The zero-order valence-electron chi connectivity index (χ0n) is 17.9. The summed E-state index contributed by atoms with van der Waals surface area (Å²) in [5.74, 6) is 2.33. The van der Waals surface area contributed by atoms with E-state index in [1.807, 2.05) is 61.5 Å². The molecule has 4 rings (SSSR count). The number of nitrogens with one attached hydrogen (secondary N) is 2. The Kier molecular flexibility index (Phi) is 6.57. The quantitative estimate of drug-likeness (QED) is 0.548. The second-order valence-electron chi connectivity index (χ2n) is 7.65. The van der Waals surface area contributed by atoms with Crippen LogP contribution in [0.5, 0.6) is 11.5 Å². The van der Waals surface area contributed by atoms with Gasteiger partial charge in [-0.2, -0.15) is 0 Å². The monoisotopic (exact) mass is 420 g/mol. The summed E-state index contributed by atoms with van der Waals surface area (Å²) < 4.78 is 17.2. The molecule has 2 aromatic carbocycles. The third-order valence-electron chi connectivity index (χ3n) is 5.28. The number of hydrogen-bond acceptors (Lipinski definition) is 5. The summed E-state index contributed by atoms with van der Waals surface area (Å²) in [6.07, 6.45) is 2.67. The van der Waals surface area contributed by atoms with Crippen molar-refractivity contribution in [2.24, 2.45) is 0 Å². The number of fused-ring (bicyclic) bond motifs is 1. The Balaban J connectivity index is 1.39. The summed E-state index contributed by atoms with van der Waals surface area (Å²) in [6.45, 7) is 5.10. The Hall–Kier alpha value is -3.25. The summed E-state index contributed by atoms with van der Waals surface area (Å²) in [7, 11) is 0. The van der Waals surface area contributed by atoms with Crippen molar-refractivity contribution >= 4 is 5.91 Å². The average Bonchev–Trinajstić information content (AvgIpc) is 3.42. The SMILES string of the molecule is CCOc1cc2c(cc1CNC(=O)CN[C@@H](c1ccccc1)c1ccco1)O[C@H](C)C2. The number of amides is 1. The summed E-state index contributed by atoms with van der Waals surface area (Å²) in [6, 6.07) is 17.5. The largest absolute Gasteiger partial charge is 0.494 e. The molecule has 0 saturated heterocycles. The lowest BCUT2D eigenvalue weighted by atomic mass is 10.0. The van der Waals surface area contributed by atoms with Crippen LogP contribution in [0.1, 0.15) is 42.3 Å². The molecular formula is C25H28N2O4. The van der Waals surface area contributed by atoms with E-state index in [1.165, 1.54) is 0 Å². The van der Waals surface area contributed by atoms with Gasteiger partial charge in [-0.15, -0.1) is 0 Å². The van der Waals surface area contributed by atoms with Gasteiger partial charge in [-0.3, -0.25) is 10.1 Å². The first-order valence-corrected chi connectivity index (χ1v) is 10.7. The van der Waals surface area contributed by atoms with E-state index in [9.17, 15) is 4.79 Å². The zero-order valence-corrected chi connectivity index (χ0v) is 17.9. The van der Waals surface area contributed by atoms with E-state index in [-0.39, 0.29) is 24.6 Å². The lowest BCUT2D eigenvalue weighted by molar-refractivity contribution is -0.120. The smallest absolute Gasteiger partial charge is 0.234 e. The Morgan fingerprint density at radius 1 is 1.19 bits per heavy atom. The van der Waals surface area contributed by atoms with Gasteiger partial charge in [0.05, 0.1) is 25.5 Å². The summed E-state index contributed by atoms with van der Waals surface area (Å²) >= 11 is 0. The maximum absolute atomic E-state index is 12.6. The van der Waals surface area contributed by atoms with E-state index in [4.69, 9.17) is 13.9 Å². The second-order valence-corrected chi connectivity index (χ2v) is 7.65. The number of rotatable bonds is 9. The highest BCUT2D eigenvalue weighted by molar-refractivity contribution is 5.78. The Bertz CT molecular complexity index is 1000. The molecule has 6 heteroatoms. The van der Waals surface area contributed by atoms with Gasteiger partial charge in [0.1, 0.15) is 23.4 Å². The van der Waals surface area contributed by atoms with Crippen LogP contribution in [-0.4, -0.2) is 25.2 Å². The molecule has 2 atom stereocenters. The topological polar surface area (TPSA) is 72.7 Å². The highest BCUT2D eigenvalue weighted by Gasteiger charge is 2.22. The van der Waals surface area contributed by atoms with Gasteiger partial charge >= 0.3 is 0 Å². The van der Waals surface area contributed by atoms with Gasteiger partial charge in [0.2, 0.25) is 5.91 Å². The van der Waals surface area contributed by atoms with Crippen molar-refractivity contribution in [2.75, 3.05) is 13.2 Å². The van der Waals surface area contributed by atoms with Crippen molar-refractivity contribution in [2.45, 2.75) is 39.0 Å². The third-order valence-corrected chi connectivity index (χ3v) is 5.28. The van der Waals surface area contributed by atoms with Crippen LogP contribution in [-0.2, 0) is 17.8 Å². The van der Waals surface area contributed by atoms with Crippen molar-refractivity contribution < 1.29 is 18.7 Å². The molecule has 1 aliphatic rings. The fourth-order valence-electron chi connectivity index (χ4n) is 3.84. The molecule has 0 unspecified atom stereocenters. The van der Waals surface area contributed by atoms with Crippen LogP contribution in [0.15, 0.2) is 65.3 Å². The number of hydrogen-bond donors (Lipinski definition) is 2. The van der Waals surface area contributed by atoms with E-state index in [0.29, 0.717) is 13.2 Å². The minimum Gasteiger partial charge on any atom is -0.494 e. The molecule has 2 N–H and O–H groups in total. The molecule has 162 valence electrons. The molecule has 6 nitrogen and oxygen atoms in total.